The van der Waals surface area contributed by atoms with Crippen molar-refractivity contribution in [1.82, 2.24) is 4.98 Å². The van der Waals surface area contributed by atoms with Crippen molar-refractivity contribution in [3.63, 3.8) is 0 Å². The molecule has 0 aliphatic heterocycles. The van der Waals surface area contributed by atoms with E-state index in [1.54, 1.807) is 6.92 Å². The van der Waals surface area contributed by atoms with Crippen LogP contribution < -0.4 is 5.09 Å². The summed E-state index contributed by atoms with van der Waals surface area (Å²) in [6, 6.07) is 0. The number of nitrogens with zero attached hydrogens (tertiary/aromatic N) is 1. The number of nitrogens with one attached hydrogen (secondary N) is 1. The number of halogens is 2. The minimum absolute atomic E-state index is 0.0912. The quantitative estimate of drug-likeness (QED) is 0.582. The van der Waals surface area contributed by atoms with Gasteiger partial charge < -0.3 is 5.09 Å². The Bertz CT molecular complexity index is 281. The second-order valence-corrected chi connectivity index (χ2v) is 2.69. The molecular weight excluding hydrogens is 210 g/mol. The summed E-state index contributed by atoms with van der Waals surface area (Å²) in [7, 11) is 2.27. The molecule has 1 heterocycles. The molecule has 1 aromatic rings. The molecule has 1 atom stereocenters. The van der Waals surface area contributed by atoms with Crippen molar-refractivity contribution in [1.29, 1.82) is 0 Å². The SMILES string of the molecule is CC.Cc1c(NP)cnc(Cl)c1F. The van der Waals surface area contributed by atoms with Gasteiger partial charge in [-0.05, 0) is 16.3 Å². The van der Waals surface area contributed by atoms with Crippen LogP contribution in [0, 0.1) is 12.7 Å². The van der Waals surface area contributed by atoms with Gasteiger partial charge in [0.2, 0.25) is 0 Å². The van der Waals surface area contributed by atoms with Crippen LogP contribution in [0.5, 0.6) is 0 Å². The summed E-state index contributed by atoms with van der Waals surface area (Å²) in [6.45, 7) is 5.63. The van der Waals surface area contributed by atoms with Gasteiger partial charge in [-0.1, -0.05) is 25.4 Å². The molecule has 1 N–H and O–H groups in total. The number of hydrogen-bond acceptors (Lipinski definition) is 2. The molecule has 0 bridgehead atoms. The smallest absolute Gasteiger partial charge is 0.165 e. The van der Waals surface area contributed by atoms with E-state index in [-0.39, 0.29) is 5.15 Å². The Morgan fingerprint density at radius 3 is 2.54 bits per heavy atom. The fourth-order valence-corrected chi connectivity index (χ4v) is 1.17. The maximum absolute atomic E-state index is 12.9. The van der Waals surface area contributed by atoms with E-state index in [2.05, 4.69) is 19.5 Å². The summed E-state index contributed by atoms with van der Waals surface area (Å²) in [5, 5.41) is 2.63. The van der Waals surface area contributed by atoms with E-state index in [4.69, 9.17) is 11.6 Å². The Morgan fingerprint density at radius 1 is 1.54 bits per heavy atom. The van der Waals surface area contributed by atoms with Crippen LogP contribution in [0.3, 0.4) is 0 Å². The van der Waals surface area contributed by atoms with Crippen molar-refractivity contribution in [3.05, 3.63) is 22.7 Å². The molecule has 0 aliphatic rings. The number of rotatable bonds is 1. The summed E-state index contributed by atoms with van der Waals surface area (Å²) in [4.78, 5) is 3.62. The van der Waals surface area contributed by atoms with E-state index in [0.717, 1.165) is 0 Å². The van der Waals surface area contributed by atoms with Crippen LogP contribution in [0.25, 0.3) is 0 Å². The lowest BCUT2D eigenvalue weighted by Gasteiger charge is -2.04. The Balaban J connectivity index is 0.000000671. The van der Waals surface area contributed by atoms with Gasteiger partial charge in [-0.15, -0.1) is 0 Å². The predicted octanol–water partition coefficient (Wildman–Crippen LogP) is 3.41. The maximum atomic E-state index is 12.9. The Hall–Kier alpha value is -0.400. The standard InChI is InChI=1S/C6H7ClFN2P.C2H6/c1-3-4(10-11)2-9-6(7)5(3)8;1-2/h2,10H,11H2,1H3;1-2H3. The first-order valence-corrected chi connectivity index (χ1v) is 4.89. The van der Waals surface area contributed by atoms with Gasteiger partial charge >= 0.3 is 0 Å². The molecule has 0 amide bonds. The van der Waals surface area contributed by atoms with E-state index in [9.17, 15) is 4.39 Å². The highest BCUT2D eigenvalue weighted by Gasteiger charge is 2.07. The Kier molecular flexibility index (Phi) is 5.93. The third kappa shape index (κ3) is 3.09. The molecule has 0 saturated heterocycles. The number of pyridine rings is 1. The predicted molar refractivity (Wildman–Crippen MR) is 58.6 cm³/mol. The highest BCUT2D eigenvalue weighted by atomic mass is 35.5. The highest BCUT2D eigenvalue weighted by Crippen LogP contribution is 2.22. The molecule has 0 fully saturated rings. The average Bonchev–Trinajstić information content (AvgIpc) is 2.18. The van der Waals surface area contributed by atoms with Gasteiger partial charge in [-0.2, -0.15) is 0 Å². The minimum Gasteiger partial charge on any atom is -0.368 e. The number of anilines is 1. The first-order chi connectivity index (χ1) is 6.16. The second-order valence-electron chi connectivity index (χ2n) is 2.05. The van der Waals surface area contributed by atoms with Crippen LogP contribution in [0.1, 0.15) is 19.4 Å². The molecule has 2 nitrogen and oxygen atoms in total. The molecule has 0 saturated carbocycles. The van der Waals surface area contributed by atoms with Gasteiger partial charge in [-0.25, -0.2) is 9.37 Å². The van der Waals surface area contributed by atoms with Gasteiger partial charge in [0.25, 0.3) is 0 Å². The Labute approximate surface area is 85.2 Å². The van der Waals surface area contributed by atoms with E-state index in [1.807, 2.05) is 13.8 Å². The lowest BCUT2D eigenvalue weighted by atomic mass is 10.2. The van der Waals surface area contributed by atoms with Crippen LogP contribution in [-0.2, 0) is 0 Å². The van der Waals surface area contributed by atoms with E-state index in [0.29, 0.717) is 11.3 Å². The third-order valence-corrected chi connectivity index (χ3v) is 1.95. The fourth-order valence-electron chi connectivity index (χ4n) is 0.693. The van der Waals surface area contributed by atoms with Gasteiger partial charge in [0.1, 0.15) is 0 Å². The highest BCUT2D eigenvalue weighted by molar-refractivity contribution is 7.18. The molecule has 13 heavy (non-hydrogen) atoms. The van der Waals surface area contributed by atoms with E-state index in [1.165, 1.54) is 6.20 Å². The summed E-state index contributed by atoms with van der Waals surface area (Å²) in [5.74, 6) is -0.473. The first-order valence-electron chi connectivity index (χ1n) is 3.94. The topological polar surface area (TPSA) is 24.9 Å². The zero-order chi connectivity index (χ0) is 10.4. The van der Waals surface area contributed by atoms with Gasteiger partial charge in [0.05, 0.1) is 11.9 Å². The summed E-state index contributed by atoms with van der Waals surface area (Å²) in [6.07, 6.45) is 1.48. The van der Waals surface area contributed by atoms with Crippen molar-refractivity contribution in [2.75, 3.05) is 5.09 Å². The zero-order valence-electron chi connectivity index (χ0n) is 7.86. The Morgan fingerprint density at radius 2 is 2.08 bits per heavy atom. The molecule has 0 aliphatic carbocycles. The maximum Gasteiger partial charge on any atom is 0.165 e. The monoisotopic (exact) mass is 222 g/mol. The van der Waals surface area contributed by atoms with Crippen molar-refractivity contribution >= 4 is 26.7 Å². The van der Waals surface area contributed by atoms with Crippen LogP contribution in [0.15, 0.2) is 6.20 Å². The lowest BCUT2D eigenvalue weighted by Crippen LogP contribution is -1.92. The molecule has 1 unspecified atom stereocenters. The zero-order valence-corrected chi connectivity index (χ0v) is 9.77. The molecule has 0 aromatic carbocycles. The summed E-state index contributed by atoms with van der Waals surface area (Å²) >= 11 is 5.42. The summed E-state index contributed by atoms with van der Waals surface area (Å²) in [5.41, 5.74) is 1.09. The molecule has 5 heteroatoms. The van der Waals surface area contributed by atoms with Gasteiger partial charge in [0.15, 0.2) is 11.0 Å². The molecule has 74 valence electrons. The number of hydrogen-bond donors (Lipinski definition) is 1. The molecule has 0 radical (unpaired) electrons. The van der Waals surface area contributed by atoms with Crippen molar-refractivity contribution < 1.29 is 4.39 Å². The van der Waals surface area contributed by atoms with Gasteiger partial charge in [0, 0.05) is 5.56 Å². The second kappa shape index (κ2) is 6.11. The third-order valence-electron chi connectivity index (χ3n) is 1.38. The van der Waals surface area contributed by atoms with Crippen molar-refractivity contribution in [2.45, 2.75) is 20.8 Å². The van der Waals surface area contributed by atoms with Crippen LogP contribution in [0.2, 0.25) is 5.15 Å². The molecule has 1 rings (SSSR count). The van der Waals surface area contributed by atoms with Crippen molar-refractivity contribution in [3.8, 4) is 0 Å². The summed E-state index contributed by atoms with van der Waals surface area (Å²) < 4.78 is 12.9. The van der Waals surface area contributed by atoms with Crippen LogP contribution in [-0.4, -0.2) is 4.98 Å². The molecule has 0 spiro atoms. The van der Waals surface area contributed by atoms with Crippen molar-refractivity contribution in [2.24, 2.45) is 0 Å². The van der Waals surface area contributed by atoms with Crippen LogP contribution in [0.4, 0.5) is 10.1 Å². The van der Waals surface area contributed by atoms with Gasteiger partial charge in [-0.3, -0.25) is 0 Å². The average molecular weight is 223 g/mol. The minimum atomic E-state index is -0.473. The normalized spacial score (nSPS) is 8.77. The fraction of sp³-hybridized carbons (Fsp3) is 0.375. The van der Waals surface area contributed by atoms with Crippen LogP contribution >= 0.6 is 21.0 Å². The lowest BCUT2D eigenvalue weighted by molar-refractivity contribution is 0.613. The molecule has 1 aromatic heterocycles. The first kappa shape index (κ1) is 12.6. The number of aromatic nitrogens is 1. The van der Waals surface area contributed by atoms with E-state index < -0.39 is 5.82 Å². The largest absolute Gasteiger partial charge is 0.368 e. The van der Waals surface area contributed by atoms with E-state index >= 15 is 0 Å². The molecular formula is C8H13ClFN2P.